The first-order chi connectivity index (χ1) is 19.7. The number of hydrogen-bond acceptors (Lipinski definition) is 5. The summed E-state index contributed by atoms with van der Waals surface area (Å²) in [5.74, 6) is -2.32. The number of benzene rings is 1. The second-order valence-corrected chi connectivity index (χ2v) is 12.3. The minimum atomic E-state index is -1.07. The molecule has 1 saturated heterocycles. The van der Waals surface area contributed by atoms with E-state index >= 15 is 0 Å². The predicted octanol–water partition coefficient (Wildman–Crippen LogP) is 6.66. The molecule has 224 valence electrons. The van der Waals surface area contributed by atoms with E-state index in [4.69, 9.17) is 0 Å². The molecule has 1 atom stereocenters. The van der Waals surface area contributed by atoms with Crippen LogP contribution >= 0.6 is 11.3 Å². The highest BCUT2D eigenvalue weighted by Crippen LogP contribution is 2.51. The van der Waals surface area contributed by atoms with Gasteiger partial charge in [0.25, 0.3) is 0 Å². The van der Waals surface area contributed by atoms with Crippen LogP contribution in [-0.4, -0.2) is 58.3 Å². The van der Waals surface area contributed by atoms with E-state index in [2.05, 4.69) is 29.5 Å². The maximum Gasteiger partial charge on any atom is 0.322 e. The van der Waals surface area contributed by atoms with Crippen molar-refractivity contribution in [2.45, 2.75) is 84.1 Å². The van der Waals surface area contributed by atoms with Crippen LogP contribution in [0.25, 0.3) is 0 Å². The number of piperazine rings is 1. The summed E-state index contributed by atoms with van der Waals surface area (Å²) in [4.78, 5) is 45.8. The SMILES string of the molecule is CCC1(CC)CC1.O=C(Nc1nccs1)[C@H](CC1CCCCC1)N1CCN(C(=O)Nc2ccc(F)c(F)c2)CC1=O. The van der Waals surface area contributed by atoms with Gasteiger partial charge in [0.1, 0.15) is 12.6 Å². The monoisotopic (exact) mass is 589 g/mol. The van der Waals surface area contributed by atoms with E-state index in [1.807, 2.05) is 0 Å². The van der Waals surface area contributed by atoms with Gasteiger partial charge in [-0.3, -0.25) is 9.59 Å². The Kier molecular flexibility index (Phi) is 10.7. The van der Waals surface area contributed by atoms with Crippen molar-refractivity contribution in [3.8, 4) is 0 Å². The summed E-state index contributed by atoms with van der Waals surface area (Å²) >= 11 is 1.31. The molecule has 4 amide bonds. The van der Waals surface area contributed by atoms with Crippen LogP contribution in [0, 0.1) is 23.0 Å². The molecule has 0 unspecified atom stereocenters. The molecule has 3 fully saturated rings. The van der Waals surface area contributed by atoms with Crippen LogP contribution < -0.4 is 10.6 Å². The highest BCUT2D eigenvalue weighted by molar-refractivity contribution is 7.13. The van der Waals surface area contributed by atoms with E-state index in [1.165, 1.54) is 54.4 Å². The zero-order valence-corrected chi connectivity index (χ0v) is 24.8. The van der Waals surface area contributed by atoms with Gasteiger partial charge in [0.05, 0.1) is 0 Å². The molecular formula is C30H41F2N5O3S. The first-order valence-electron chi connectivity index (χ1n) is 14.7. The van der Waals surface area contributed by atoms with E-state index in [0.717, 1.165) is 43.2 Å². The van der Waals surface area contributed by atoms with Crippen molar-refractivity contribution >= 4 is 40.0 Å². The lowest BCUT2D eigenvalue weighted by Crippen LogP contribution is -2.59. The summed E-state index contributed by atoms with van der Waals surface area (Å²) < 4.78 is 26.6. The fourth-order valence-electron chi connectivity index (χ4n) is 5.69. The molecule has 1 aromatic carbocycles. The van der Waals surface area contributed by atoms with Gasteiger partial charge in [-0.15, -0.1) is 11.3 Å². The van der Waals surface area contributed by atoms with E-state index in [0.29, 0.717) is 17.5 Å². The third-order valence-corrected chi connectivity index (χ3v) is 9.48. The van der Waals surface area contributed by atoms with Gasteiger partial charge in [0, 0.05) is 36.4 Å². The van der Waals surface area contributed by atoms with Crippen molar-refractivity contribution in [2.24, 2.45) is 11.3 Å². The van der Waals surface area contributed by atoms with Crippen molar-refractivity contribution in [1.82, 2.24) is 14.8 Å². The summed E-state index contributed by atoms with van der Waals surface area (Å²) in [5, 5.41) is 7.55. The third-order valence-electron chi connectivity index (χ3n) is 8.80. The number of amides is 4. The number of rotatable bonds is 8. The minimum Gasteiger partial charge on any atom is -0.327 e. The van der Waals surface area contributed by atoms with E-state index < -0.39 is 23.7 Å². The fourth-order valence-corrected chi connectivity index (χ4v) is 6.22. The standard InChI is InChI=1S/C23H27F2N5O3S.C7H14/c24-17-7-6-16(13-18(17)25)27-23(33)29-9-10-30(20(31)14-29)19(12-15-4-2-1-3-5-15)21(32)28-22-26-8-11-34-22;1-3-7(4-2)5-6-7/h6-8,11,13,15,19H,1-5,9-10,12,14H2,(H,27,33)(H,26,28,32);3-6H2,1-2H3/t19-;/m0./s1. The molecule has 0 bridgehead atoms. The number of anilines is 2. The summed E-state index contributed by atoms with van der Waals surface area (Å²) in [6.45, 7) is 4.81. The Morgan fingerprint density at radius 2 is 1.80 bits per heavy atom. The number of hydrogen-bond donors (Lipinski definition) is 2. The van der Waals surface area contributed by atoms with Gasteiger partial charge in [-0.05, 0) is 42.7 Å². The molecule has 3 aliphatic rings. The molecule has 1 aliphatic heterocycles. The fraction of sp³-hybridized carbons (Fsp3) is 0.600. The number of nitrogens with one attached hydrogen (secondary N) is 2. The third kappa shape index (κ3) is 8.47. The molecule has 41 heavy (non-hydrogen) atoms. The Hall–Kier alpha value is -3.08. The van der Waals surface area contributed by atoms with Gasteiger partial charge in [-0.2, -0.15) is 0 Å². The van der Waals surface area contributed by atoms with E-state index in [-0.39, 0.29) is 37.1 Å². The average molecular weight is 590 g/mol. The Balaban J connectivity index is 0.000000483. The maximum atomic E-state index is 13.4. The maximum absolute atomic E-state index is 13.4. The van der Waals surface area contributed by atoms with Gasteiger partial charge in [-0.1, -0.05) is 58.8 Å². The van der Waals surface area contributed by atoms with Gasteiger partial charge in [-0.25, -0.2) is 18.6 Å². The van der Waals surface area contributed by atoms with Crippen LogP contribution in [0.1, 0.15) is 78.1 Å². The molecule has 2 N–H and O–H groups in total. The predicted molar refractivity (Wildman–Crippen MR) is 157 cm³/mol. The number of urea groups is 1. The van der Waals surface area contributed by atoms with Gasteiger partial charge < -0.3 is 20.4 Å². The smallest absolute Gasteiger partial charge is 0.322 e. The summed E-state index contributed by atoms with van der Waals surface area (Å²) in [7, 11) is 0. The zero-order chi connectivity index (χ0) is 29.4. The van der Waals surface area contributed by atoms with Crippen LogP contribution in [0.2, 0.25) is 0 Å². The first kappa shape index (κ1) is 30.9. The molecule has 8 nitrogen and oxygen atoms in total. The molecule has 1 aromatic heterocycles. The molecule has 0 spiro atoms. The average Bonchev–Trinajstić information content (AvgIpc) is 3.60. The Bertz CT molecular complexity index is 1180. The number of halogens is 2. The lowest BCUT2D eigenvalue weighted by atomic mass is 9.84. The van der Waals surface area contributed by atoms with E-state index in [9.17, 15) is 23.2 Å². The molecule has 11 heteroatoms. The molecule has 0 radical (unpaired) electrons. The van der Waals surface area contributed by atoms with Crippen molar-refractivity contribution in [1.29, 1.82) is 0 Å². The van der Waals surface area contributed by atoms with Crippen molar-refractivity contribution in [2.75, 3.05) is 30.3 Å². The normalized spacial score (nSPS) is 19.2. The first-order valence-corrected chi connectivity index (χ1v) is 15.6. The number of carbonyl (C=O) groups is 3. The molecular weight excluding hydrogens is 548 g/mol. The van der Waals surface area contributed by atoms with Gasteiger partial charge >= 0.3 is 6.03 Å². The topological polar surface area (TPSA) is 94.6 Å². The van der Waals surface area contributed by atoms with Crippen molar-refractivity contribution in [3.63, 3.8) is 0 Å². The molecule has 5 rings (SSSR count). The molecule has 2 heterocycles. The molecule has 2 saturated carbocycles. The van der Waals surface area contributed by atoms with Gasteiger partial charge in [0.2, 0.25) is 11.8 Å². The number of thiazole rings is 1. The van der Waals surface area contributed by atoms with Crippen LogP contribution in [0.4, 0.5) is 24.4 Å². The Morgan fingerprint density at radius 1 is 1.07 bits per heavy atom. The van der Waals surface area contributed by atoms with Crippen LogP contribution in [0.3, 0.4) is 0 Å². The highest BCUT2D eigenvalue weighted by atomic mass is 32.1. The summed E-state index contributed by atoms with van der Waals surface area (Å²) in [6, 6.07) is 1.82. The Labute approximate surface area is 244 Å². The van der Waals surface area contributed by atoms with Crippen LogP contribution in [-0.2, 0) is 9.59 Å². The van der Waals surface area contributed by atoms with Crippen LogP contribution in [0.5, 0.6) is 0 Å². The summed E-state index contributed by atoms with van der Waals surface area (Å²) in [6.07, 6.45) is 13.5. The second-order valence-electron chi connectivity index (χ2n) is 11.4. The largest absolute Gasteiger partial charge is 0.327 e. The second kappa shape index (κ2) is 14.2. The summed E-state index contributed by atoms with van der Waals surface area (Å²) in [5.41, 5.74) is 0.928. The number of aromatic nitrogens is 1. The zero-order valence-electron chi connectivity index (χ0n) is 24.0. The number of carbonyl (C=O) groups excluding carboxylic acids is 3. The lowest BCUT2D eigenvalue weighted by Gasteiger charge is -2.39. The highest BCUT2D eigenvalue weighted by Gasteiger charge is 2.38. The van der Waals surface area contributed by atoms with Gasteiger partial charge in [0.15, 0.2) is 16.8 Å². The number of nitrogens with zero attached hydrogens (tertiary/aromatic N) is 3. The lowest BCUT2D eigenvalue weighted by molar-refractivity contribution is -0.142. The minimum absolute atomic E-state index is 0.0942. The molecule has 2 aromatic rings. The van der Waals surface area contributed by atoms with E-state index in [1.54, 1.807) is 16.5 Å². The van der Waals surface area contributed by atoms with Crippen molar-refractivity contribution < 1.29 is 23.2 Å². The quantitative estimate of drug-likeness (QED) is 0.360. The van der Waals surface area contributed by atoms with Crippen LogP contribution in [0.15, 0.2) is 29.8 Å². The van der Waals surface area contributed by atoms with Crippen molar-refractivity contribution in [3.05, 3.63) is 41.4 Å². The Morgan fingerprint density at radius 3 is 2.37 bits per heavy atom. The molecule has 2 aliphatic carbocycles.